The van der Waals surface area contributed by atoms with Crippen LogP contribution in [0, 0.1) is 0 Å². The van der Waals surface area contributed by atoms with Gasteiger partial charge in [-0.05, 0) is 48.1 Å². The number of hydrogen-bond donors (Lipinski definition) is 3. The van der Waals surface area contributed by atoms with Gasteiger partial charge in [0, 0.05) is 5.39 Å². The molecule has 0 saturated heterocycles. The lowest BCUT2D eigenvalue weighted by Gasteiger charge is -1.99. The molecule has 2 aromatic carbocycles. The number of hydrazone groups is 1. The van der Waals surface area contributed by atoms with Crippen molar-refractivity contribution in [2.45, 2.75) is 0 Å². The van der Waals surface area contributed by atoms with E-state index in [2.05, 4.69) is 25.7 Å². The number of H-pyrrole nitrogens is 1. The molecular weight excluding hydrogens is 338 g/mol. The number of fused-ring (bicyclic) bond motifs is 1. The van der Waals surface area contributed by atoms with Crippen molar-refractivity contribution in [2.75, 3.05) is 7.11 Å². The van der Waals surface area contributed by atoms with Gasteiger partial charge in [-0.25, -0.2) is 0 Å². The van der Waals surface area contributed by atoms with Crippen LogP contribution in [0.2, 0.25) is 0 Å². The SMILES string of the molecule is COc1ccc(C=NNC(=S)N=Nc2c(O)[nH]c3ccccc23)cc1. The number of azo groups is 1. The molecular formula is C17H15N5O2S. The first kappa shape index (κ1) is 16.6. The number of methoxy groups -OCH3 is 1. The number of aromatic amines is 1. The highest BCUT2D eigenvalue weighted by Gasteiger charge is 2.09. The maximum atomic E-state index is 9.90. The van der Waals surface area contributed by atoms with E-state index < -0.39 is 0 Å². The molecule has 0 fully saturated rings. The number of ether oxygens (including phenoxy) is 1. The summed E-state index contributed by atoms with van der Waals surface area (Å²) in [5.74, 6) is 0.711. The molecule has 0 aliphatic carbocycles. The zero-order chi connectivity index (χ0) is 17.6. The van der Waals surface area contributed by atoms with Gasteiger partial charge in [0.1, 0.15) is 5.75 Å². The van der Waals surface area contributed by atoms with Crippen molar-refractivity contribution < 1.29 is 9.84 Å². The van der Waals surface area contributed by atoms with Crippen LogP contribution in [0.15, 0.2) is 63.9 Å². The van der Waals surface area contributed by atoms with Crippen molar-refractivity contribution in [3.8, 4) is 11.6 Å². The Morgan fingerprint density at radius 3 is 2.72 bits per heavy atom. The second kappa shape index (κ2) is 7.54. The molecule has 7 nitrogen and oxygen atoms in total. The summed E-state index contributed by atoms with van der Waals surface area (Å²) in [6.07, 6.45) is 1.60. The second-order valence-electron chi connectivity index (χ2n) is 5.02. The average molecular weight is 353 g/mol. The molecule has 0 radical (unpaired) electrons. The van der Waals surface area contributed by atoms with Crippen molar-refractivity contribution in [1.82, 2.24) is 10.4 Å². The van der Waals surface area contributed by atoms with Crippen molar-refractivity contribution in [1.29, 1.82) is 0 Å². The first-order valence-electron chi connectivity index (χ1n) is 7.36. The van der Waals surface area contributed by atoms with Crippen LogP contribution >= 0.6 is 12.2 Å². The van der Waals surface area contributed by atoms with Crippen LogP contribution in [0.4, 0.5) is 5.69 Å². The molecule has 0 bridgehead atoms. The van der Waals surface area contributed by atoms with Crippen molar-refractivity contribution in [3.63, 3.8) is 0 Å². The molecule has 0 atom stereocenters. The summed E-state index contributed by atoms with van der Waals surface area (Å²) >= 11 is 5.05. The van der Waals surface area contributed by atoms with Crippen molar-refractivity contribution >= 4 is 40.1 Å². The Bertz CT molecular complexity index is 947. The Kier molecular flexibility index (Phi) is 5.00. The lowest BCUT2D eigenvalue weighted by molar-refractivity contribution is 0.415. The predicted molar refractivity (Wildman–Crippen MR) is 101 cm³/mol. The van der Waals surface area contributed by atoms with Crippen LogP contribution in [-0.2, 0) is 0 Å². The molecule has 126 valence electrons. The van der Waals surface area contributed by atoms with Crippen LogP contribution < -0.4 is 10.2 Å². The van der Waals surface area contributed by atoms with Gasteiger partial charge >= 0.3 is 0 Å². The van der Waals surface area contributed by atoms with E-state index in [1.165, 1.54) is 0 Å². The number of benzene rings is 2. The van der Waals surface area contributed by atoms with Crippen molar-refractivity contribution in [3.05, 3.63) is 54.1 Å². The van der Waals surface area contributed by atoms with E-state index in [4.69, 9.17) is 17.0 Å². The van der Waals surface area contributed by atoms with Crippen LogP contribution in [0.3, 0.4) is 0 Å². The lowest BCUT2D eigenvalue weighted by atomic mass is 10.2. The summed E-state index contributed by atoms with van der Waals surface area (Å²) in [6, 6.07) is 14.8. The predicted octanol–water partition coefficient (Wildman–Crippen LogP) is 3.87. The van der Waals surface area contributed by atoms with Gasteiger partial charge in [-0.3, -0.25) is 5.43 Å². The van der Waals surface area contributed by atoms with Gasteiger partial charge in [0.2, 0.25) is 11.0 Å². The third-order valence-electron chi connectivity index (χ3n) is 3.39. The lowest BCUT2D eigenvalue weighted by Crippen LogP contribution is -2.11. The van der Waals surface area contributed by atoms with Crippen LogP contribution in [0.5, 0.6) is 11.6 Å². The fourth-order valence-corrected chi connectivity index (χ4v) is 2.28. The zero-order valence-corrected chi connectivity index (χ0v) is 14.1. The van der Waals surface area contributed by atoms with Crippen LogP contribution in [0.1, 0.15) is 5.56 Å². The Morgan fingerprint density at radius 2 is 1.96 bits per heavy atom. The molecule has 0 saturated carbocycles. The van der Waals surface area contributed by atoms with E-state index in [9.17, 15) is 5.11 Å². The fourth-order valence-electron chi connectivity index (χ4n) is 2.18. The highest BCUT2D eigenvalue weighted by molar-refractivity contribution is 7.80. The number of para-hydroxylation sites is 1. The summed E-state index contributed by atoms with van der Waals surface area (Å²) in [5.41, 5.74) is 4.59. The van der Waals surface area contributed by atoms with Crippen LogP contribution in [-0.4, -0.2) is 28.5 Å². The van der Waals surface area contributed by atoms with E-state index in [0.717, 1.165) is 22.2 Å². The highest BCUT2D eigenvalue weighted by Crippen LogP contribution is 2.35. The number of aromatic hydroxyl groups is 1. The summed E-state index contributed by atoms with van der Waals surface area (Å²) < 4.78 is 5.09. The Hall–Kier alpha value is -3.26. The summed E-state index contributed by atoms with van der Waals surface area (Å²) in [4.78, 5) is 2.82. The van der Waals surface area contributed by atoms with Gasteiger partial charge in [-0.2, -0.15) is 5.10 Å². The standard InChI is InChI=1S/C17H15N5O2S/c1-24-12-8-6-11(7-9-12)10-18-21-17(25)22-20-15-13-4-2-3-5-14(13)19-16(15)23/h2-10,19,23H,1H3,(H,21,25). The quantitative estimate of drug-likeness (QED) is 0.287. The fraction of sp³-hybridized carbons (Fsp3) is 0.0588. The van der Waals surface area contributed by atoms with Gasteiger partial charge in [-0.15, -0.1) is 10.2 Å². The number of hydrogen-bond acceptors (Lipinski definition) is 5. The van der Waals surface area contributed by atoms with E-state index in [1.807, 2.05) is 48.5 Å². The van der Waals surface area contributed by atoms with E-state index >= 15 is 0 Å². The zero-order valence-electron chi connectivity index (χ0n) is 13.3. The Morgan fingerprint density at radius 1 is 1.20 bits per heavy atom. The topological polar surface area (TPSA) is 94.4 Å². The maximum Gasteiger partial charge on any atom is 0.234 e. The van der Waals surface area contributed by atoms with E-state index in [1.54, 1.807) is 13.3 Å². The molecule has 0 aliphatic heterocycles. The number of aromatic nitrogens is 1. The Labute approximate surface area is 149 Å². The van der Waals surface area contributed by atoms with Gasteiger partial charge < -0.3 is 14.8 Å². The molecule has 3 rings (SSSR count). The normalized spacial score (nSPS) is 11.4. The molecule has 3 aromatic rings. The molecule has 1 heterocycles. The minimum absolute atomic E-state index is 0.0607. The van der Waals surface area contributed by atoms with Gasteiger partial charge in [0.25, 0.3) is 0 Å². The molecule has 0 amide bonds. The number of thiocarbonyl (C=S) groups is 1. The molecule has 3 N–H and O–H groups in total. The van der Waals surface area contributed by atoms with Crippen LogP contribution in [0.25, 0.3) is 10.9 Å². The number of nitrogens with one attached hydrogen (secondary N) is 2. The van der Waals surface area contributed by atoms with E-state index in [0.29, 0.717) is 5.69 Å². The third-order valence-corrected chi connectivity index (χ3v) is 3.56. The molecule has 0 unspecified atom stereocenters. The molecule has 0 aliphatic rings. The second-order valence-corrected chi connectivity index (χ2v) is 5.40. The first-order valence-corrected chi connectivity index (χ1v) is 7.76. The highest BCUT2D eigenvalue weighted by atomic mass is 32.1. The number of nitrogens with zero attached hydrogens (tertiary/aromatic N) is 3. The third kappa shape index (κ3) is 3.99. The largest absolute Gasteiger partial charge is 0.497 e. The molecule has 0 spiro atoms. The number of rotatable bonds is 4. The average Bonchev–Trinajstić information content (AvgIpc) is 2.95. The maximum absolute atomic E-state index is 9.90. The summed E-state index contributed by atoms with van der Waals surface area (Å²) in [7, 11) is 1.61. The smallest absolute Gasteiger partial charge is 0.234 e. The Balaban J connectivity index is 1.64. The summed E-state index contributed by atoms with van der Waals surface area (Å²) in [6.45, 7) is 0. The minimum atomic E-state index is -0.0607. The first-order chi connectivity index (χ1) is 12.2. The molecule has 25 heavy (non-hydrogen) atoms. The minimum Gasteiger partial charge on any atom is -0.497 e. The monoisotopic (exact) mass is 353 g/mol. The van der Waals surface area contributed by atoms with E-state index in [-0.39, 0.29) is 11.0 Å². The molecule has 8 heteroatoms. The van der Waals surface area contributed by atoms with Gasteiger partial charge in [0.15, 0.2) is 5.69 Å². The van der Waals surface area contributed by atoms with Gasteiger partial charge in [-0.1, -0.05) is 18.2 Å². The van der Waals surface area contributed by atoms with Gasteiger partial charge in [0.05, 0.1) is 18.8 Å². The van der Waals surface area contributed by atoms with Crippen molar-refractivity contribution in [2.24, 2.45) is 15.3 Å². The summed E-state index contributed by atoms with van der Waals surface area (Å²) in [5, 5.41) is 22.6. The molecule has 1 aromatic heterocycles.